The number of hydrogen-bond donors (Lipinski definition) is 2. The average molecular weight is 291 g/mol. The minimum Gasteiger partial charge on any atom is -0.478 e. The van der Waals surface area contributed by atoms with Crippen LogP contribution in [0.15, 0.2) is 36.4 Å². The molecule has 1 unspecified atom stereocenters. The number of aliphatic hydroxyl groups excluding tert-OH is 1. The van der Waals surface area contributed by atoms with E-state index in [4.69, 9.17) is 11.6 Å². The zero-order chi connectivity index (χ0) is 14.9. The van der Waals surface area contributed by atoms with Crippen molar-refractivity contribution in [2.24, 2.45) is 0 Å². The molecule has 2 rings (SSSR count). The van der Waals surface area contributed by atoms with E-state index in [1.807, 2.05) is 6.07 Å². The number of carboxylic acids is 1. The Labute approximate surface area is 122 Å². The van der Waals surface area contributed by atoms with E-state index >= 15 is 0 Å². The van der Waals surface area contributed by atoms with E-state index in [2.05, 4.69) is 0 Å². The number of carboxylic acid groups (broad SMARTS) is 1. The van der Waals surface area contributed by atoms with E-state index in [0.29, 0.717) is 21.7 Å². The van der Waals surface area contributed by atoms with Gasteiger partial charge in [-0.25, -0.2) is 4.79 Å². The number of aromatic carboxylic acids is 1. The van der Waals surface area contributed by atoms with Crippen LogP contribution in [0.4, 0.5) is 0 Å². The molecule has 4 heteroatoms. The van der Waals surface area contributed by atoms with Gasteiger partial charge in [0.2, 0.25) is 0 Å². The summed E-state index contributed by atoms with van der Waals surface area (Å²) in [6, 6.07) is 10.3. The van der Waals surface area contributed by atoms with E-state index < -0.39 is 12.1 Å². The molecule has 0 bridgehead atoms. The Hall–Kier alpha value is -1.84. The molecule has 0 fully saturated rings. The van der Waals surface area contributed by atoms with Crippen molar-refractivity contribution in [1.82, 2.24) is 0 Å². The van der Waals surface area contributed by atoms with Crippen LogP contribution < -0.4 is 0 Å². The second-order valence-electron chi connectivity index (χ2n) is 4.75. The van der Waals surface area contributed by atoms with Gasteiger partial charge in [-0.05, 0) is 42.7 Å². The predicted octanol–water partition coefficient (Wildman–Crippen LogP) is 3.74. The van der Waals surface area contributed by atoms with Gasteiger partial charge in [0.1, 0.15) is 6.10 Å². The Bertz CT molecular complexity index is 648. The number of rotatable bonds is 3. The highest BCUT2D eigenvalue weighted by molar-refractivity contribution is 6.30. The number of carbonyl (C=O) groups is 1. The maximum Gasteiger partial charge on any atom is 0.336 e. The standard InChI is InChI=1S/C16H15ClO3/c1-9-3-4-10(2)14(16(19)20)13(9)15(18)11-5-7-12(17)8-6-11/h3-8,15,18H,1-2H3,(H,19,20). The molecule has 2 aromatic rings. The first kappa shape index (κ1) is 14.6. The van der Waals surface area contributed by atoms with Gasteiger partial charge >= 0.3 is 5.97 Å². The summed E-state index contributed by atoms with van der Waals surface area (Å²) in [5.74, 6) is -1.03. The van der Waals surface area contributed by atoms with Crippen molar-refractivity contribution in [3.8, 4) is 0 Å². The van der Waals surface area contributed by atoms with Gasteiger partial charge in [0.05, 0.1) is 5.56 Å². The molecule has 0 aliphatic carbocycles. The van der Waals surface area contributed by atoms with Crippen molar-refractivity contribution in [3.05, 3.63) is 69.2 Å². The van der Waals surface area contributed by atoms with E-state index in [-0.39, 0.29) is 5.56 Å². The highest BCUT2D eigenvalue weighted by Gasteiger charge is 2.22. The molecular formula is C16H15ClO3. The van der Waals surface area contributed by atoms with Crippen molar-refractivity contribution < 1.29 is 15.0 Å². The number of halogens is 1. The van der Waals surface area contributed by atoms with Crippen LogP contribution in [0.5, 0.6) is 0 Å². The largest absolute Gasteiger partial charge is 0.478 e. The molecular weight excluding hydrogens is 276 g/mol. The molecule has 104 valence electrons. The van der Waals surface area contributed by atoms with Crippen LogP contribution in [0.25, 0.3) is 0 Å². The van der Waals surface area contributed by atoms with Gasteiger partial charge in [-0.2, -0.15) is 0 Å². The van der Waals surface area contributed by atoms with Crippen molar-refractivity contribution in [1.29, 1.82) is 0 Å². The van der Waals surface area contributed by atoms with Gasteiger partial charge < -0.3 is 10.2 Å². The van der Waals surface area contributed by atoms with E-state index in [1.54, 1.807) is 44.2 Å². The van der Waals surface area contributed by atoms with Gasteiger partial charge in [0.25, 0.3) is 0 Å². The van der Waals surface area contributed by atoms with Crippen molar-refractivity contribution >= 4 is 17.6 Å². The van der Waals surface area contributed by atoms with Crippen molar-refractivity contribution in [2.75, 3.05) is 0 Å². The summed E-state index contributed by atoms with van der Waals surface area (Å²) in [7, 11) is 0. The fourth-order valence-electron chi connectivity index (χ4n) is 2.28. The van der Waals surface area contributed by atoms with Gasteiger partial charge in [-0.1, -0.05) is 35.9 Å². The second kappa shape index (κ2) is 5.65. The van der Waals surface area contributed by atoms with Crippen LogP contribution in [-0.2, 0) is 0 Å². The molecule has 20 heavy (non-hydrogen) atoms. The normalized spacial score (nSPS) is 12.2. The quantitative estimate of drug-likeness (QED) is 0.905. The maximum absolute atomic E-state index is 11.5. The molecule has 3 nitrogen and oxygen atoms in total. The molecule has 2 aromatic carbocycles. The lowest BCUT2D eigenvalue weighted by Gasteiger charge is -2.18. The lowest BCUT2D eigenvalue weighted by Crippen LogP contribution is -2.12. The summed E-state index contributed by atoms with van der Waals surface area (Å²) >= 11 is 5.82. The summed E-state index contributed by atoms with van der Waals surface area (Å²) in [6.07, 6.45) is -0.988. The maximum atomic E-state index is 11.5. The molecule has 0 spiro atoms. The summed E-state index contributed by atoms with van der Waals surface area (Å²) in [4.78, 5) is 11.5. The first-order valence-corrected chi connectivity index (χ1v) is 6.56. The summed E-state index contributed by atoms with van der Waals surface area (Å²) in [5.41, 5.74) is 2.58. The predicted molar refractivity (Wildman–Crippen MR) is 78.4 cm³/mol. The third-order valence-electron chi connectivity index (χ3n) is 3.34. The fourth-order valence-corrected chi connectivity index (χ4v) is 2.41. The molecule has 0 amide bonds. The Kier molecular flexibility index (Phi) is 4.12. The zero-order valence-electron chi connectivity index (χ0n) is 11.2. The minimum atomic E-state index is -1.03. The van der Waals surface area contributed by atoms with Crippen molar-refractivity contribution in [3.63, 3.8) is 0 Å². The third-order valence-corrected chi connectivity index (χ3v) is 3.60. The summed E-state index contributed by atoms with van der Waals surface area (Å²) < 4.78 is 0. The van der Waals surface area contributed by atoms with E-state index in [9.17, 15) is 15.0 Å². The lowest BCUT2D eigenvalue weighted by atomic mass is 9.90. The van der Waals surface area contributed by atoms with Crippen LogP contribution in [0.1, 0.15) is 38.7 Å². The van der Waals surface area contributed by atoms with Gasteiger partial charge in [-0.3, -0.25) is 0 Å². The zero-order valence-corrected chi connectivity index (χ0v) is 12.0. The number of benzene rings is 2. The molecule has 0 aromatic heterocycles. The molecule has 0 saturated heterocycles. The monoisotopic (exact) mass is 290 g/mol. The highest BCUT2D eigenvalue weighted by Crippen LogP contribution is 2.30. The van der Waals surface area contributed by atoms with E-state index in [0.717, 1.165) is 5.56 Å². The van der Waals surface area contributed by atoms with Crippen LogP contribution in [0, 0.1) is 13.8 Å². The fraction of sp³-hybridized carbons (Fsp3) is 0.188. The number of hydrogen-bond acceptors (Lipinski definition) is 2. The lowest BCUT2D eigenvalue weighted by molar-refractivity contribution is 0.0690. The van der Waals surface area contributed by atoms with Crippen LogP contribution in [-0.4, -0.2) is 16.2 Å². The van der Waals surface area contributed by atoms with Crippen LogP contribution in [0.2, 0.25) is 5.02 Å². The second-order valence-corrected chi connectivity index (χ2v) is 5.18. The molecule has 2 N–H and O–H groups in total. The Balaban J connectivity index is 2.59. The van der Waals surface area contributed by atoms with Gasteiger partial charge in [0.15, 0.2) is 0 Å². The molecule has 0 aliphatic rings. The Morgan fingerprint density at radius 2 is 1.60 bits per heavy atom. The molecule has 0 radical (unpaired) electrons. The van der Waals surface area contributed by atoms with Gasteiger partial charge in [-0.15, -0.1) is 0 Å². The molecule has 1 atom stereocenters. The summed E-state index contributed by atoms with van der Waals surface area (Å²) in [5, 5.41) is 20.5. The third kappa shape index (κ3) is 2.69. The van der Waals surface area contributed by atoms with Crippen molar-refractivity contribution in [2.45, 2.75) is 20.0 Å². The number of aryl methyl sites for hydroxylation is 2. The molecule has 0 heterocycles. The topological polar surface area (TPSA) is 57.5 Å². The Morgan fingerprint density at radius 3 is 2.15 bits per heavy atom. The first-order valence-electron chi connectivity index (χ1n) is 6.18. The SMILES string of the molecule is Cc1ccc(C)c(C(O)c2ccc(Cl)cc2)c1C(=O)O. The average Bonchev–Trinajstić information content (AvgIpc) is 2.40. The van der Waals surface area contributed by atoms with Gasteiger partial charge in [0, 0.05) is 10.6 Å². The summed E-state index contributed by atoms with van der Waals surface area (Å²) in [6.45, 7) is 3.52. The Morgan fingerprint density at radius 1 is 1.05 bits per heavy atom. The minimum absolute atomic E-state index is 0.160. The van der Waals surface area contributed by atoms with Crippen LogP contribution in [0.3, 0.4) is 0 Å². The smallest absolute Gasteiger partial charge is 0.336 e. The number of aliphatic hydroxyl groups is 1. The molecule has 0 saturated carbocycles. The first-order chi connectivity index (χ1) is 9.41. The molecule has 0 aliphatic heterocycles. The van der Waals surface area contributed by atoms with Crippen LogP contribution >= 0.6 is 11.6 Å². The highest BCUT2D eigenvalue weighted by atomic mass is 35.5. The van der Waals surface area contributed by atoms with E-state index in [1.165, 1.54) is 0 Å².